The number of nitrogens with one attached hydrogen (secondary N) is 1. The Bertz CT molecular complexity index is 990. The highest BCUT2D eigenvalue weighted by Crippen LogP contribution is 2.17. The maximum Gasteiger partial charge on any atom is 0.238 e. The Morgan fingerprint density at radius 1 is 1.04 bits per heavy atom. The Morgan fingerprint density at radius 2 is 1.73 bits per heavy atom. The molecule has 0 fully saturated rings. The van der Waals surface area contributed by atoms with Crippen LogP contribution in [0.25, 0.3) is 11.4 Å². The van der Waals surface area contributed by atoms with Gasteiger partial charge in [0, 0.05) is 36.3 Å². The van der Waals surface area contributed by atoms with E-state index in [0.29, 0.717) is 12.4 Å². The monoisotopic (exact) mass is 369 g/mol. The lowest BCUT2D eigenvalue weighted by Crippen LogP contribution is -2.12. The molecular formula is C18H19N5O2S. The fraction of sp³-hybridized carbons (Fsp3) is 0.167. The molecule has 0 radical (unpaired) electrons. The Hall–Kier alpha value is -2.84. The van der Waals surface area contributed by atoms with E-state index in [2.05, 4.69) is 20.3 Å². The number of hydrogen-bond donors (Lipinski definition) is 2. The quantitative estimate of drug-likeness (QED) is 0.689. The van der Waals surface area contributed by atoms with Crippen LogP contribution in [0.4, 0.5) is 5.82 Å². The Balaban J connectivity index is 1.66. The number of hydrogen-bond acceptors (Lipinski definition) is 6. The first-order valence-electron chi connectivity index (χ1n) is 8.03. The molecular weight excluding hydrogens is 350 g/mol. The van der Waals surface area contributed by atoms with E-state index < -0.39 is 10.0 Å². The molecule has 0 bridgehead atoms. The zero-order valence-electron chi connectivity index (χ0n) is 14.3. The first-order chi connectivity index (χ1) is 12.4. The molecule has 2 heterocycles. The molecule has 3 N–H and O–H groups in total. The predicted molar refractivity (Wildman–Crippen MR) is 100 cm³/mol. The van der Waals surface area contributed by atoms with Crippen molar-refractivity contribution in [2.75, 3.05) is 11.9 Å². The third-order valence-electron chi connectivity index (χ3n) is 3.76. The number of rotatable bonds is 6. The van der Waals surface area contributed by atoms with Crippen molar-refractivity contribution >= 4 is 15.8 Å². The smallest absolute Gasteiger partial charge is 0.238 e. The number of anilines is 1. The molecule has 0 saturated heterocycles. The van der Waals surface area contributed by atoms with Crippen molar-refractivity contribution in [1.82, 2.24) is 15.0 Å². The summed E-state index contributed by atoms with van der Waals surface area (Å²) in [6, 6.07) is 12.2. The summed E-state index contributed by atoms with van der Waals surface area (Å²) in [5.74, 6) is 1.39. The molecule has 26 heavy (non-hydrogen) atoms. The van der Waals surface area contributed by atoms with Crippen molar-refractivity contribution in [3.8, 4) is 11.4 Å². The zero-order chi connectivity index (χ0) is 18.6. The van der Waals surface area contributed by atoms with Crippen LogP contribution in [-0.2, 0) is 16.4 Å². The van der Waals surface area contributed by atoms with E-state index in [4.69, 9.17) is 5.14 Å². The summed E-state index contributed by atoms with van der Waals surface area (Å²) in [6.45, 7) is 2.57. The molecule has 7 nitrogen and oxygen atoms in total. The van der Waals surface area contributed by atoms with E-state index in [-0.39, 0.29) is 4.90 Å². The van der Waals surface area contributed by atoms with E-state index in [1.165, 1.54) is 12.1 Å². The van der Waals surface area contributed by atoms with E-state index in [1.54, 1.807) is 24.5 Å². The van der Waals surface area contributed by atoms with Crippen molar-refractivity contribution < 1.29 is 8.42 Å². The third-order valence-corrected chi connectivity index (χ3v) is 4.69. The number of nitrogens with zero attached hydrogens (tertiary/aromatic N) is 3. The van der Waals surface area contributed by atoms with Crippen molar-refractivity contribution in [3.63, 3.8) is 0 Å². The number of benzene rings is 1. The normalized spacial score (nSPS) is 11.3. The molecule has 2 aromatic heterocycles. The van der Waals surface area contributed by atoms with Gasteiger partial charge in [-0.1, -0.05) is 12.1 Å². The summed E-state index contributed by atoms with van der Waals surface area (Å²) in [4.78, 5) is 13.1. The van der Waals surface area contributed by atoms with Crippen LogP contribution in [0, 0.1) is 6.92 Å². The second-order valence-electron chi connectivity index (χ2n) is 5.82. The summed E-state index contributed by atoms with van der Waals surface area (Å²) < 4.78 is 22.5. The van der Waals surface area contributed by atoms with Gasteiger partial charge in [-0.25, -0.2) is 23.5 Å². The second-order valence-corrected chi connectivity index (χ2v) is 7.38. The molecule has 0 aliphatic heterocycles. The Morgan fingerprint density at radius 3 is 2.38 bits per heavy atom. The first-order valence-corrected chi connectivity index (χ1v) is 9.58. The molecule has 0 amide bonds. The highest BCUT2D eigenvalue weighted by Gasteiger charge is 2.07. The van der Waals surface area contributed by atoms with E-state index >= 15 is 0 Å². The predicted octanol–water partition coefficient (Wildman–Crippen LogP) is 2.15. The topological polar surface area (TPSA) is 111 Å². The first kappa shape index (κ1) is 18.0. The fourth-order valence-electron chi connectivity index (χ4n) is 2.47. The van der Waals surface area contributed by atoms with Crippen LogP contribution in [0.1, 0.15) is 11.3 Å². The number of nitrogens with two attached hydrogens (primary N) is 1. The molecule has 0 unspecified atom stereocenters. The summed E-state index contributed by atoms with van der Waals surface area (Å²) >= 11 is 0. The minimum Gasteiger partial charge on any atom is -0.370 e. The van der Waals surface area contributed by atoms with Gasteiger partial charge >= 0.3 is 0 Å². The van der Waals surface area contributed by atoms with Crippen molar-refractivity contribution in [3.05, 3.63) is 66.1 Å². The van der Waals surface area contributed by atoms with Crippen LogP contribution in [0.5, 0.6) is 0 Å². The van der Waals surface area contributed by atoms with Crippen molar-refractivity contribution in [1.29, 1.82) is 0 Å². The fourth-order valence-corrected chi connectivity index (χ4v) is 2.99. The molecule has 1 aromatic carbocycles. The maximum absolute atomic E-state index is 11.3. The maximum atomic E-state index is 11.3. The SMILES string of the molecule is Cc1cc(NCCc2ccc(S(N)(=O)=O)cc2)nc(-c2ccncc2)n1. The highest BCUT2D eigenvalue weighted by molar-refractivity contribution is 7.89. The number of aromatic nitrogens is 3. The highest BCUT2D eigenvalue weighted by atomic mass is 32.2. The lowest BCUT2D eigenvalue weighted by atomic mass is 10.1. The average Bonchev–Trinajstić information content (AvgIpc) is 2.62. The van der Waals surface area contributed by atoms with E-state index in [1.807, 2.05) is 25.1 Å². The molecule has 0 aliphatic rings. The molecule has 0 spiro atoms. The molecule has 8 heteroatoms. The summed E-state index contributed by atoms with van der Waals surface area (Å²) in [7, 11) is -3.66. The van der Waals surface area contributed by atoms with Gasteiger partial charge in [0.05, 0.1) is 4.90 Å². The average molecular weight is 369 g/mol. The van der Waals surface area contributed by atoms with Gasteiger partial charge in [0.1, 0.15) is 5.82 Å². The molecule has 0 aliphatic carbocycles. The Kier molecular flexibility index (Phi) is 5.24. The van der Waals surface area contributed by atoms with Gasteiger partial charge in [-0.3, -0.25) is 4.98 Å². The lowest BCUT2D eigenvalue weighted by Gasteiger charge is -2.09. The van der Waals surface area contributed by atoms with Gasteiger partial charge in [-0.05, 0) is 43.2 Å². The molecule has 3 aromatic rings. The van der Waals surface area contributed by atoms with Crippen molar-refractivity contribution in [2.45, 2.75) is 18.2 Å². The second kappa shape index (κ2) is 7.59. The standard InChI is InChI=1S/C18H19N5O2S/c1-13-12-17(23-18(22-13)15-7-9-20-10-8-15)21-11-6-14-2-4-16(5-3-14)26(19,24)25/h2-5,7-10,12H,6,11H2,1H3,(H2,19,24,25)(H,21,22,23). The molecule has 0 atom stereocenters. The summed E-state index contributed by atoms with van der Waals surface area (Å²) in [5.41, 5.74) is 2.78. The van der Waals surface area contributed by atoms with E-state index in [0.717, 1.165) is 29.1 Å². The lowest BCUT2D eigenvalue weighted by molar-refractivity contribution is 0.598. The van der Waals surface area contributed by atoms with Crippen LogP contribution in [-0.4, -0.2) is 29.9 Å². The van der Waals surface area contributed by atoms with Gasteiger partial charge < -0.3 is 5.32 Å². The van der Waals surface area contributed by atoms with Crippen LogP contribution < -0.4 is 10.5 Å². The number of primary sulfonamides is 1. The van der Waals surface area contributed by atoms with Gasteiger partial charge in [-0.2, -0.15) is 0 Å². The molecule has 0 saturated carbocycles. The van der Waals surface area contributed by atoms with Gasteiger partial charge in [-0.15, -0.1) is 0 Å². The molecule has 3 rings (SSSR count). The van der Waals surface area contributed by atoms with Gasteiger partial charge in [0.2, 0.25) is 10.0 Å². The number of sulfonamides is 1. The zero-order valence-corrected chi connectivity index (χ0v) is 15.1. The van der Waals surface area contributed by atoms with E-state index in [9.17, 15) is 8.42 Å². The third kappa shape index (κ3) is 4.62. The summed E-state index contributed by atoms with van der Waals surface area (Å²) in [6.07, 6.45) is 4.14. The minimum absolute atomic E-state index is 0.114. The van der Waals surface area contributed by atoms with Crippen LogP contribution in [0.3, 0.4) is 0 Å². The number of aryl methyl sites for hydroxylation is 1. The summed E-state index contributed by atoms with van der Waals surface area (Å²) in [5, 5.41) is 8.38. The largest absolute Gasteiger partial charge is 0.370 e. The van der Waals surface area contributed by atoms with Crippen LogP contribution >= 0.6 is 0 Å². The van der Waals surface area contributed by atoms with Crippen LogP contribution in [0.2, 0.25) is 0 Å². The van der Waals surface area contributed by atoms with Crippen molar-refractivity contribution in [2.24, 2.45) is 5.14 Å². The Labute approximate surface area is 152 Å². The van der Waals surface area contributed by atoms with Gasteiger partial charge in [0.15, 0.2) is 5.82 Å². The molecule has 134 valence electrons. The van der Waals surface area contributed by atoms with Gasteiger partial charge in [0.25, 0.3) is 0 Å². The minimum atomic E-state index is -3.66. The number of pyridine rings is 1. The van der Waals surface area contributed by atoms with Crippen LogP contribution in [0.15, 0.2) is 59.8 Å².